The zero-order valence-corrected chi connectivity index (χ0v) is 16.8. The number of hydrogen-bond donors (Lipinski definition) is 0. The fraction of sp³-hybridized carbons (Fsp3) is 0.263. The second kappa shape index (κ2) is 9.23. The molecule has 4 rings (SSSR count). The zero-order valence-electron chi connectivity index (χ0n) is 15.2. The van der Waals surface area contributed by atoms with Crippen molar-refractivity contribution in [3.63, 3.8) is 0 Å². The van der Waals surface area contributed by atoms with Crippen LogP contribution in [0.25, 0.3) is 20.4 Å². The van der Waals surface area contributed by atoms with Gasteiger partial charge in [0.2, 0.25) is 0 Å². The van der Waals surface area contributed by atoms with Crippen LogP contribution in [-0.4, -0.2) is 9.97 Å². The van der Waals surface area contributed by atoms with Crippen molar-refractivity contribution >= 4 is 43.1 Å². The number of rotatable bonds is 1. The number of aromatic nitrogens is 2. The molecule has 2 heterocycles. The molecule has 0 aliphatic rings. The van der Waals surface area contributed by atoms with E-state index in [2.05, 4.69) is 9.97 Å². The highest BCUT2D eigenvalue weighted by molar-refractivity contribution is 7.18. The van der Waals surface area contributed by atoms with Gasteiger partial charge in [0.25, 0.3) is 6.43 Å². The van der Waals surface area contributed by atoms with Gasteiger partial charge in [-0.2, -0.15) is 0 Å². The van der Waals surface area contributed by atoms with Crippen molar-refractivity contribution in [1.29, 1.82) is 0 Å². The monoisotopic (exact) mass is 414 g/mol. The van der Waals surface area contributed by atoms with E-state index in [-0.39, 0.29) is 15.5 Å². The molecule has 2 nitrogen and oxygen atoms in total. The molecule has 0 unspecified atom stereocenters. The van der Waals surface area contributed by atoms with Crippen LogP contribution >= 0.6 is 22.7 Å². The van der Waals surface area contributed by atoms with Crippen molar-refractivity contribution in [2.45, 2.75) is 34.1 Å². The lowest BCUT2D eigenvalue weighted by Crippen LogP contribution is -1.82. The third-order valence-corrected chi connectivity index (χ3v) is 5.44. The van der Waals surface area contributed by atoms with Gasteiger partial charge < -0.3 is 0 Å². The van der Waals surface area contributed by atoms with Crippen molar-refractivity contribution < 1.29 is 17.6 Å². The molecular weight excluding hydrogens is 396 g/mol. The Morgan fingerprint density at radius 3 is 1.93 bits per heavy atom. The average Bonchev–Trinajstić information content (AvgIpc) is 3.32. The van der Waals surface area contributed by atoms with Gasteiger partial charge in [-0.05, 0) is 37.1 Å². The highest BCUT2D eigenvalue weighted by atomic mass is 32.1. The molecule has 0 radical (unpaired) electrons. The standard InChI is InChI=1S/C9H6F3NS.C8H6FNS.C2H6/c1-4-2-3-5(10)7-6(4)13-9(14-7)8(11)12;1-5-2-3-6(9)8-7(5)10-4-11-8;1-2/h2-3,8H,1H3;2-4H,1H3;1-2H3. The molecule has 0 saturated heterocycles. The smallest absolute Gasteiger partial charge is 0.244 e. The van der Waals surface area contributed by atoms with Crippen LogP contribution in [0.3, 0.4) is 0 Å². The third-order valence-electron chi connectivity index (χ3n) is 3.54. The van der Waals surface area contributed by atoms with E-state index >= 15 is 0 Å². The quantitative estimate of drug-likeness (QED) is 0.302. The van der Waals surface area contributed by atoms with Gasteiger partial charge in [-0.25, -0.2) is 27.5 Å². The molecule has 2 aromatic carbocycles. The van der Waals surface area contributed by atoms with Gasteiger partial charge in [0, 0.05) is 0 Å². The lowest BCUT2D eigenvalue weighted by molar-refractivity contribution is 0.151. The molecule has 144 valence electrons. The Balaban J connectivity index is 0.000000181. The zero-order chi connectivity index (χ0) is 20.1. The largest absolute Gasteiger partial charge is 0.289 e. The maximum Gasteiger partial charge on any atom is 0.289 e. The first-order valence-corrected chi connectivity index (χ1v) is 9.90. The summed E-state index contributed by atoms with van der Waals surface area (Å²) in [5, 5.41) is -0.326. The van der Waals surface area contributed by atoms with E-state index in [0.29, 0.717) is 27.1 Å². The molecule has 0 saturated carbocycles. The van der Waals surface area contributed by atoms with E-state index in [0.717, 1.165) is 11.1 Å². The minimum Gasteiger partial charge on any atom is -0.244 e. The summed E-state index contributed by atoms with van der Waals surface area (Å²) in [7, 11) is 0. The van der Waals surface area contributed by atoms with Crippen molar-refractivity contribution in [3.8, 4) is 0 Å². The summed E-state index contributed by atoms with van der Waals surface area (Å²) >= 11 is 2.05. The van der Waals surface area contributed by atoms with Crippen molar-refractivity contribution in [3.05, 3.63) is 57.5 Å². The molecule has 0 N–H and O–H groups in total. The number of hydrogen-bond acceptors (Lipinski definition) is 4. The van der Waals surface area contributed by atoms with Crippen LogP contribution in [0.4, 0.5) is 17.6 Å². The summed E-state index contributed by atoms with van der Waals surface area (Å²) in [6.07, 6.45) is -2.63. The maximum absolute atomic E-state index is 13.2. The second-order valence-electron chi connectivity index (χ2n) is 5.29. The van der Waals surface area contributed by atoms with Crippen LogP contribution in [0.2, 0.25) is 0 Å². The SMILES string of the molecule is CC.Cc1ccc(F)c2sc(C(F)F)nc12.Cc1ccc(F)c2scnc12. The highest BCUT2D eigenvalue weighted by Gasteiger charge is 2.16. The van der Waals surface area contributed by atoms with Crippen LogP contribution < -0.4 is 0 Å². The van der Waals surface area contributed by atoms with E-state index < -0.39 is 12.2 Å². The molecule has 0 bridgehead atoms. The second-order valence-corrected chi connectivity index (χ2v) is 7.17. The van der Waals surface area contributed by atoms with Gasteiger partial charge in [0.1, 0.15) is 11.6 Å². The van der Waals surface area contributed by atoms with Gasteiger partial charge in [-0.15, -0.1) is 22.7 Å². The number of thiazole rings is 2. The molecule has 0 amide bonds. The van der Waals surface area contributed by atoms with Gasteiger partial charge >= 0.3 is 0 Å². The van der Waals surface area contributed by atoms with E-state index in [1.165, 1.54) is 29.5 Å². The fourth-order valence-electron chi connectivity index (χ4n) is 2.26. The first-order valence-electron chi connectivity index (χ1n) is 8.20. The van der Waals surface area contributed by atoms with Crippen LogP contribution in [0, 0.1) is 25.5 Å². The Kier molecular flexibility index (Phi) is 7.26. The number of aryl methyl sites for hydroxylation is 2. The first kappa shape index (κ1) is 21.2. The maximum atomic E-state index is 13.2. The Bertz CT molecular complexity index is 966. The lowest BCUT2D eigenvalue weighted by Gasteiger charge is -1.93. The van der Waals surface area contributed by atoms with Crippen molar-refractivity contribution in [2.24, 2.45) is 0 Å². The minimum absolute atomic E-state index is 0.173. The van der Waals surface area contributed by atoms with E-state index in [1.54, 1.807) is 18.5 Å². The van der Waals surface area contributed by atoms with Crippen LogP contribution in [0.15, 0.2) is 29.8 Å². The van der Waals surface area contributed by atoms with Crippen LogP contribution in [0.5, 0.6) is 0 Å². The summed E-state index contributed by atoms with van der Waals surface area (Å²) in [6.45, 7) is 7.65. The predicted molar refractivity (Wildman–Crippen MR) is 105 cm³/mol. The molecular formula is C19H18F4N2S2. The predicted octanol–water partition coefficient (Wildman–Crippen LogP) is 7.45. The normalized spacial score (nSPS) is 10.6. The van der Waals surface area contributed by atoms with Gasteiger partial charge in [0.15, 0.2) is 5.01 Å². The molecule has 0 aliphatic heterocycles. The summed E-state index contributed by atoms with van der Waals surface area (Å²) in [5.41, 5.74) is 4.54. The molecule has 8 heteroatoms. The Hall–Kier alpha value is -2.06. The lowest BCUT2D eigenvalue weighted by atomic mass is 10.2. The molecule has 0 fully saturated rings. The van der Waals surface area contributed by atoms with Gasteiger partial charge in [-0.1, -0.05) is 26.0 Å². The van der Waals surface area contributed by atoms with E-state index in [4.69, 9.17) is 0 Å². The molecule has 0 atom stereocenters. The fourth-order valence-corrected chi connectivity index (χ4v) is 3.93. The van der Waals surface area contributed by atoms with Crippen LogP contribution in [-0.2, 0) is 0 Å². The summed E-state index contributed by atoms with van der Waals surface area (Å²) in [5.74, 6) is -0.664. The molecule has 0 aliphatic carbocycles. The Morgan fingerprint density at radius 1 is 0.852 bits per heavy atom. The highest BCUT2D eigenvalue weighted by Crippen LogP contribution is 2.32. The minimum atomic E-state index is -2.63. The number of benzene rings is 2. The third kappa shape index (κ3) is 4.62. The molecule has 4 aromatic rings. The first-order chi connectivity index (χ1) is 12.9. The summed E-state index contributed by atoms with van der Waals surface area (Å²) in [6, 6.07) is 6.03. The van der Waals surface area contributed by atoms with Crippen molar-refractivity contribution in [2.75, 3.05) is 0 Å². The molecule has 27 heavy (non-hydrogen) atoms. The van der Waals surface area contributed by atoms with E-state index in [1.807, 2.05) is 20.8 Å². The topological polar surface area (TPSA) is 25.8 Å². The van der Waals surface area contributed by atoms with Crippen LogP contribution in [0.1, 0.15) is 36.4 Å². The Morgan fingerprint density at radius 2 is 1.41 bits per heavy atom. The number of nitrogens with zero attached hydrogens (tertiary/aromatic N) is 2. The van der Waals surface area contributed by atoms with E-state index in [9.17, 15) is 17.6 Å². The van der Waals surface area contributed by atoms with Gasteiger partial charge in [-0.3, -0.25) is 0 Å². The number of halogens is 4. The van der Waals surface area contributed by atoms with Crippen molar-refractivity contribution in [1.82, 2.24) is 9.97 Å². The molecule has 0 spiro atoms. The van der Waals surface area contributed by atoms with Gasteiger partial charge in [0.05, 0.1) is 25.9 Å². The summed E-state index contributed by atoms with van der Waals surface area (Å²) < 4.78 is 51.6. The number of alkyl halides is 2. The molecule has 2 aromatic heterocycles. The number of fused-ring (bicyclic) bond motifs is 2. The summed E-state index contributed by atoms with van der Waals surface area (Å²) in [4.78, 5) is 7.76. The Labute approximate surface area is 162 Å². The average molecular weight is 414 g/mol.